The minimum absolute atomic E-state index is 0.196. The second kappa shape index (κ2) is 7.19. The molecule has 0 aliphatic heterocycles. The van der Waals surface area contributed by atoms with Crippen molar-refractivity contribution < 1.29 is 9.00 Å². The molecule has 0 aromatic heterocycles. The molecule has 1 unspecified atom stereocenters. The zero-order valence-corrected chi connectivity index (χ0v) is 10.7. The first kappa shape index (κ1) is 13.9. The smallest absolute Gasteiger partial charge is 0.241 e. The summed E-state index contributed by atoms with van der Waals surface area (Å²) in [7, 11) is -0.810. The Morgan fingerprint density at radius 2 is 2.06 bits per heavy atom. The fourth-order valence-corrected chi connectivity index (χ4v) is 1.96. The summed E-state index contributed by atoms with van der Waals surface area (Å²) < 4.78 is 10.8. The number of hydrogen-bond acceptors (Lipinski definition) is 3. The lowest BCUT2D eigenvalue weighted by atomic mass is 10.1. The number of hydrogen-bond donors (Lipinski definition) is 2. The van der Waals surface area contributed by atoms with Crippen molar-refractivity contribution in [3.05, 3.63) is 35.9 Å². The molecular formula is C12H18N2O2S. The number of carbonyl (C=O) groups excluding carboxylic acids is 1. The average molecular weight is 254 g/mol. The van der Waals surface area contributed by atoms with E-state index in [1.165, 1.54) is 0 Å². The van der Waals surface area contributed by atoms with Crippen molar-refractivity contribution in [1.82, 2.24) is 5.32 Å². The van der Waals surface area contributed by atoms with Gasteiger partial charge in [0.15, 0.2) is 0 Å². The molecule has 0 fully saturated rings. The zero-order chi connectivity index (χ0) is 12.7. The minimum atomic E-state index is -0.810. The topological polar surface area (TPSA) is 72.2 Å². The second-order valence-corrected chi connectivity index (χ2v) is 5.36. The van der Waals surface area contributed by atoms with Gasteiger partial charge in [-0.3, -0.25) is 9.00 Å². The Hall–Kier alpha value is -1.20. The van der Waals surface area contributed by atoms with Crippen LogP contribution in [0.4, 0.5) is 0 Å². The quantitative estimate of drug-likeness (QED) is 0.729. The predicted octanol–water partition coefficient (Wildman–Crippen LogP) is 0.571. The molecular weight excluding hydrogens is 236 g/mol. The van der Waals surface area contributed by atoms with Crippen molar-refractivity contribution in [3.63, 3.8) is 0 Å². The first-order chi connectivity index (χ1) is 8.11. The summed E-state index contributed by atoms with van der Waals surface area (Å²) in [6.45, 7) is 0.513. The van der Waals surface area contributed by atoms with Crippen LogP contribution in [-0.2, 0) is 15.6 Å². The SMILES string of the molecule is CS(=O)CCCNC(=O)[C@H](N)c1ccccc1. The van der Waals surface area contributed by atoms with Gasteiger partial charge in [0.1, 0.15) is 6.04 Å². The van der Waals surface area contributed by atoms with Crippen molar-refractivity contribution in [2.24, 2.45) is 5.73 Å². The van der Waals surface area contributed by atoms with Crippen LogP contribution < -0.4 is 11.1 Å². The first-order valence-corrected chi connectivity index (χ1v) is 7.22. The van der Waals surface area contributed by atoms with Gasteiger partial charge in [-0.1, -0.05) is 30.3 Å². The summed E-state index contributed by atoms with van der Waals surface area (Å²) in [4.78, 5) is 11.7. The van der Waals surface area contributed by atoms with E-state index in [9.17, 15) is 9.00 Å². The van der Waals surface area contributed by atoms with Gasteiger partial charge in [-0.2, -0.15) is 0 Å². The highest BCUT2D eigenvalue weighted by Gasteiger charge is 2.14. The van der Waals surface area contributed by atoms with E-state index in [1.54, 1.807) is 6.26 Å². The molecule has 0 aliphatic rings. The Bertz CT molecular complexity index is 381. The zero-order valence-electron chi connectivity index (χ0n) is 9.89. The van der Waals surface area contributed by atoms with E-state index in [0.29, 0.717) is 18.7 Å². The van der Waals surface area contributed by atoms with Crippen LogP contribution in [0.5, 0.6) is 0 Å². The fraction of sp³-hybridized carbons (Fsp3) is 0.417. The Kier molecular flexibility index (Phi) is 5.86. The maximum Gasteiger partial charge on any atom is 0.241 e. The molecule has 0 bridgehead atoms. The van der Waals surface area contributed by atoms with E-state index < -0.39 is 16.8 Å². The Morgan fingerprint density at radius 3 is 2.65 bits per heavy atom. The van der Waals surface area contributed by atoms with Gasteiger partial charge >= 0.3 is 0 Å². The number of nitrogens with two attached hydrogens (primary N) is 1. The van der Waals surface area contributed by atoms with Gasteiger partial charge in [0, 0.05) is 29.4 Å². The third kappa shape index (κ3) is 5.10. The van der Waals surface area contributed by atoms with Crippen LogP contribution >= 0.6 is 0 Å². The molecule has 1 amide bonds. The highest BCUT2D eigenvalue weighted by molar-refractivity contribution is 7.84. The molecule has 0 heterocycles. The molecule has 3 N–H and O–H groups in total. The average Bonchev–Trinajstić information content (AvgIpc) is 2.34. The number of benzene rings is 1. The van der Waals surface area contributed by atoms with Crippen LogP contribution in [-0.4, -0.2) is 28.7 Å². The summed E-state index contributed by atoms with van der Waals surface area (Å²) in [6, 6.07) is 8.59. The molecule has 1 rings (SSSR count). The highest BCUT2D eigenvalue weighted by atomic mass is 32.2. The maximum atomic E-state index is 11.7. The third-order valence-electron chi connectivity index (χ3n) is 2.35. The van der Waals surface area contributed by atoms with Gasteiger partial charge in [0.2, 0.25) is 5.91 Å². The van der Waals surface area contributed by atoms with Gasteiger partial charge in [-0.25, -0.2) is 0 Å². The van der Waals surface area contributed by atoms with Crippen LogP contribution in [0.3, 0.4) is 0 Å². The molecule has 4 nitrogen and oxygen atoms in total. The van der Waals surface area contributed by atoms with E-state index in [4.69, 9.17) is 5.73 Å². The molecule has 5 heteroatoms. The Balaban J connectivity index is 2.35. The highest BCUT2D eigenvalue weighted by Crippen LogP contribution is 2.08. The van der Waals surface area contributed by atoms with Crippen molar-refractivity contribution in [2.45, 2.75) is 12.5 Å². The minimum Gasteiger partial charge on any atom is -0.354 e. The molecule has 1 aromatic carbocycles. The van der Waals surface area contributed by atoms with Gasteiger partial charge in [-0.15, -0.1) is 0 Å². The first-order valence-electron chi connectivity index (χ1n) is 5.49. The fourth-order valence-electron chi connectivity index (χ4n) is 1.41. The summed E-state index contributed by atoms with van der Waals surface area (Å²) in [6.07, 6.45) is 2.36. The van der Waals surface area contributed by atoms with Gasteiger partial charge in [-0.05, 0) is 12.0 Å². The molecule has 0 spiro atoms. The van der Waals surface area contributed by atoms with Crippen LogP contribution in [0.25, 0.3) is 0 Å². The van der Waals surface area contributed by atoms with E-state index >= 15 is 0 Å². The van der Waals surface area contributed by atoms with Gasteiger partial charge < -0.3 is 11.1 Å². The standard InChI is InChI=1S/C12H18N2O2S/c1-17(16)9-5-8-14-12(15)11(13)10-6-3-2-4-7-10/h2-4,6-7,11H,5,8-9,13H2,1H3,(H,14,15)/t11-,17?/m1/s1. The number of nitrogens with one attached hydrogen (secondary N) is 1. The monoisotopic (exact) mass is 254 g/mol. The molecule has 0 saturated heterocycles. The Labute approximate surface area is 104 Å². The van der Waals surface area contributed by atoms with Crippen molar-refractivity contribution in [1.29, 1.82) is 0 Å². The van der Waals surface area contributed by atoms with Crippen molar-refractivity contribution >= 4 is 16.7 Å². The predicted molar refractivity (Wildman–Crippen MR) is 69.9 cm³/mol. The summed E-state index contributed by atoms with van der Waals surface area (Å²) in [5.41, 5.74) is 6.60. The molecule has 0 saturated carbocycles. The molecule has 0 radical (unpaired) electrons. The van der Waals surface area contributed by atoms with Crippen LogP contribution in [0.2, 0.25) is 0 Å². The molecule has 1 aromatic rings. The molecule has 94 valence electrons. The lowest BCUT2D eigenvalue weighted by molar-refractivity contribution is -0.122. The lowest BCUT2D eigenvalue weighted by Crippen LogP contribution is -2.34. The lowest BCUT2D eigenvalue weighted by Gasteiger charge is -2.12. The molecule has 2 atom stereocenters. The van der Waals surface area contributed by atoms with Crippen LogP contribution in [0, 0.1) is 0 Å². The normalized spacial score (nSPS) is 14.0. The van der Waals surface area contributed by atoms with Crippen molar-refractivity contribution in [2.75, 3.05) is 18.6 Å². The van der Waals surface area contributed by atoms with Crippen LogP contribution in [0.15, 0.2) is 30.3 Å². The van der Waals surface area contributed by atoms with E-state index in [0.717, 1.165) is 5.56 Å². The number of carbonyl (C=O) groups is 1. The summed E-state index contributed by atoms with van der Waals surface area (Å²) in [5, 5.41) is 2.74. The van der Waals surface area contributed by atoms with E-state index in [1.807, 2.05) is 30.3 Å². The summed E-state index contributed by atoms with van der Waals surface area (Å²) >= 11 is 0. The second-order valence-electron chi connectivity index (χ2n) is 3.81. The number of amides is 1. The molecule has 0 aliphatic carbocycles. The van der Waals surface area contributed by atoms with Gasteiger partial charge in [0.05, 0.1) is 0 Å². The van der Waals surface area contributed by atoms with Crippen molar-refractivity contribution in [3.8, 4) is 0 Å². The third-order valence-corrected chi connectivity index (χ3v) is 3.21. The van der Waals surface area contributed by atoms with E-state index in [2.05, 4.69) is 5.32 Å². The number of rotatable bonds is 6. The Morgan fingerprint density at radius 1 is 1.41 bits per heavy atom. The van der Waals surface area contributed by atoms with Crippen LogP contribution in [0.1, 0.15) is 18.0 Å². The largest absolute Gasteiger partial charge is 0.354 e. The van der Waals surface area contributed by atoms with E-state index in [-0.39, 0.29) is 5.91 Å². The van der Waals surface area contributed by atoms with Gasteiger partial charge in [0.25, 0.3) is 0 Å². The summed E-state index contributed by atoms with van der Waals surface area (Å²) in [5.74, 6) is 0.402. The molecule has 17 heavy (non-hydrogen) atoms. The maximum absolute atomic E-state index is 11.7.